The van der Waals surface area contributed by atoms with Crippen LogP contribution in [0.25, 0.3) is 0 Å². The summed E-state index contributed by atoms with van der Waals surface area (Å²) in [5, 5.41) is 102. The molecule has 28 heteroatoms. The second-order valence-electron chi connectivity index (χ2n) is 25.7. The summed E-state index contributed by atoms with van der Waals surface area (Å²) in [6.45, 7) is 14.8. The van der Waals surface area contributed by atoms with Gasteiger partial charge in [-0.1, -0.05) is 51.0 Å². The molecule has 83 heavy (non-hydrogen) atoms. The van der Waals surface area contributed by atoms with Gasteiger partial charge < -0.3 is 103 Å². The van der Waals surface area contributed by atoms with E-state index >= 15 is 0 Å². The van der Waals surface area contributed by atoms with E-state index in [1.807, 2.05) is 40.7 Å². The topological polar surface area (TPSA) is 384 Å². The van der Waals surface area contributed by atoms with E-state index in [1.165, 1.54) is 21.0 Å². The molecule has 3 saturated carbocycles. The van der Waals surface area contributed by atoms with Crippen LogP contribution in [0.15, 0.2) is 23.3 Å². The molecule has 5 aliphatic heterocycles. The summed E-state index contributed by atoms with van der Waals surface area (Å²) < 4.78 is 106. The molecule has 5 saturated heterocycles. The van der Waals surface area contributed by atoms with Gasteiger partial charge in [-0.15, -0.1) is 0 Å². The molecule has 5 heterocycles. The minimum Gasteiger partial charge on any atom is -0.726 e. The van der Waals surface area contributed by atoms with E-state index in [-0.39, 0.29) is 54.2 Å². The van der Waals surface area contributed by atoms with Crippen molar-refractivity contribution >= 4 is 22.3 Å². The number of carbonyl (C=O) groups excluding carboxylic acids is 2. The Kier molecular flexibility index (Phi) is 20.1. The maximum atomic E-state index is 14.7. The Balaban J connectivity index is 0.00000900. The standard InChI is InChI=1S/C55H86O26S.Na/c1-24(2)12-11-17-53(9)55(66)34(74-26(4)57)20-52(8)28-13-14-32-50(5,6)33(16-18-51(32,7)27(28)15-19-54(52,55)49(65)80-53)76-48-44(36(60)31(23-72-48)81-82(67,68)69)79-46-38(62)37(61)41(25(3)73-46)77-45-39(63)42(29(58)22-71-45)78-47-40(64)43(70-10)35(59)30(21-56)75-47;/h12-13,25,27,29-48,56,58-64,66H,11,14-23H2,1-10H3,(H,67,68,69);/q;+1/p-1/t25?,27?,29-,30?,31-,32?,33+,34+,35-,36?,37?,38?,39?,40?,41-,42?,43?,44?,45+,46+,47+,48+,51-,52+,53+,54?,55+;/m1./s1. The molecule has 4 aliphatic carbocycles. The van der Waals surface area contributed by atoms with Gasteiger partial charge in [-0.05, 0) is 102 Å². The predicted octanol–water partition coefficient (Wildman–Crippen LogP) is -3.60. The molecule has 0 bridgehead atoms. The van der Waals surface area contributed by atoms with Crippen molar-refractivity contribution in [2.24, 2.45) is 33.5 Å². The molecule has 9 N–H and O–H groups in total. The third-order valence-electron chi connectivity index (χ3n) is 20.4. The molecule has 26 nitrogen and oxygen atoms in total. The van der Waals surface area contributed by atoms with E-state index in [9.17, 15) is 68.5 Å². The van der Waals surface area contributed by atoms with Gasteiger partial charge in [-0.25, -0.2) is 8.42 Å². The van der Waals surface area contributed by atoms with E-state index in [4.69, 9.17) is 52.1 Å². The van der Waals surface area contributed by atoms with Crippen LogP contribution in [0.2, 0.25) is 0 Å². The molecule has 468 valence electrons. The van der Waals surface area contributed by atoms with Gasteiger partial charge in [0.25, 0.3) is 0 Å². The van der Waals surface area contributed by atoms with Crippen LogP contribution in [0.1, 0.15) is 114 Å². The van der Waals surface area contributed by atoms with Gasteiger partial charge in [0, 0.05) is 19.4 Å². The van der Waals surface area contributed by atoms with E-state index in [0.717, 1.165) is 11.1 Å². The Labute approximate surface area is 505 Å². The van der Waals surface area contributed by atoms with Crippen LogP contribution < -0.4 is 29.6 Å². The van der Waals surface area contributed by atoms with Gasteiger partial charge in [0.15, 0.2) is 30.8 Å². The first-order valence-electron chi connectivity index (χ1n) is 28.4. The van der Waals surface area contributed by atoms with Crippen LogP contribution in [0.3, 0.4) is 0 Å². The van der Waals surface area contributed by atoms with Gasteiger partial charge >= 0.3 is 41.5 Å². The molecule has 9 aliphatic rings. The molecular weight excluding hydrogens is 1130 g/mol. The van der Waals surface area contributed by atoms with Gasteiger partial charge in [-0.2, -0.15) is 0 Å². The smallest absolute Gasteiger partial charge is 0.726 e. The maximum absolute atomic E-state index is 14.7. The normalized spacial score (nSPS) is 49.4. The molecule has 0 radical (unpaired) electrons. The van der Waals surface area contributed by atoms with Gasteiger partial charge in [0.1, 0.15) is 96.5 Å². The monoisotopic (exact) mass is 1220 g/mol. The van der Waals surface area contributed by atoms with E-state index in [1.54, 1.807) is 6.92 Å². The molecule has 0 aromatic carbocycles. The third-order valence-corrected chi connectivity index (χ3v) is 20.9. The van der Waals surface area contributed by atoms with E-state index < -0.39 is 198 Å². The largest absolute Gasteiger partial charge is 1.00 e. The first-order valence-corrected chi connectivity index (χ1v) is 29.8. The Bertz CT molecular complexity index is 2520. The SMILES string of the molecule is COC1C(O)[C@H](OC2C(O)[C@H](O[C@@H]3C(C)O[C@@H](OC4C(O)[C@H](OS(=O)(=O)[O-])CO[C@H]4O[C@H]4CC[C@]5(C)C6CCC78C(=O)O[C@@](C)(CCC=C(C)C)[C@@]7(O)[C@@H](OC(C)=O)C[C@@]8(C)C6=CCC5C4(C)C)C(O)C3O)OC[C@H]2O)OC(CO)[C@H]1O.[Na+]. The summed E-state index contributed by atoms with van der Waals surface area (Å²) in [5.74, 6) is -1.26. The Hall–Kier alpha value is -1.43. The summed E-state index contributed by atoms with van der Waals surface area (Å²) in [7, 11) is -4.22. The summed E-state index contributed by atoms with van der Waals surface area (Å²) in [4.78, 5) is 27.5. The number of hydrogen-bond donors (Lipinski definition) is 9. The number of esters is 2. The molecule has 0 aromatic rings. The van der Waals surface area contributed by atoms with Crippen LogP contribution in [0.4, 0.5) is 0 Å². The molecule has 8 fully saturated rings. The van der Waals surface area contributed by atoms with Crippen molar-refractivity contribution in [1.29, 1.82) is 0 Å². The first-order chi connectivity index (χ1) is 38.2. The molecule has 0 aromatic heterocycles. The number of carbonyl (C=O) groups is 2. The second kappa shape index (κ2) is 24.7. The average molecular weight is 1220 g/mol. The zero-order chi connectivity index (χ0) is 60.2. The number of fused-ring (bicyclic) bond motifs is 4. The number of methoxy groups -OCH3 is 1. The van der Waals surface area contributed by atoms with Crippen molar-refractivity contribution in [3.63, 3.8) is 0 Å². The van der Waals surface area contributed by atoms with Crippen LogP contribution >= 0.6 is 0 Å². The number of allylic oxidation sites excluding steroid dienone is 4. The zero-order valence-electron chi connectivity index (χ0n) is 49.0. The second-order valence-corrected chi connectivity index (χ2v) is 26.7. The summed E-state index contributed by atoms with van der Waals surface area (Å²) in [6, 6.07) is 0. The number of rotatable bonds is 16. The van der Waals surface area contributed by atoms with E-state index in [0.29, 0.717) is 38.5 Å². The summed E-state index contributed by atoms with van der Waals surface area (Å²) in [6.07, 6.45) is -23.7. The number of aliphatic hydroxyl groups excluding tert-OH is 8. The quantitative estimate of drug-likeness (QED) is 0.0237. The summed E-state index contributed by atoms with van der Waals surface area (Å²) >= 11 is 0. The van der Waals surface area contributed by atoms with Crippen LogP contribution in [0.5, 0.6) is 0 Å². The Morgan fingerprint density at radius 1 is 0.783 bits per heavy atom. The van der Waals surface area contributed by atoms with Crippen molar-refractivity contribution in [2.75, 3.05) is 26.9 Å². The number of cyclic esters (lactones) is 1. The fourth-order valence-electron chi connectivity index (χ4n) is 16.3. The average Bonchev–Trinajstić information content (AvgIpc) is 1.72. The van der Waals surface area contributed by atoms with Crippen LogP contribution in [-0.2, 0) is 76.3 Å². The molecule has 1 spiro atoms. The first kappa shape index (κ1) is 67.5. The molecule has 13 unspecified atom stereocenters. The van der Waals surface area contributed by atoms with Gasteiger partial charge in [0.2, 0.25) is 10.4 Å². The van der Waals surface area contributed by atoms with E-state index in [2.05, 4.69) is 17.2 Å². The third kappa shape index (κ3) is 11.4. The van der Waals surface area contributed by atoms with Crippen molar-refractivity contribution in [3.05, 3.63) is 23.3 Å². The summed E-state index contributed by atoms with van der Waals surface area (Å²) in [5.41, 5.74) is -4.61. The maximum Gasteiger partial charge on any atom is 1.00 e. The number of ether oxygens (including phenoxy) is 11. The minimum atomic E-state index is -5.43. The van der Waals surface area contributed by atoms with Crippen molar-refractivity contribution in [3.8, 4) is 0 Å². The molecular formula is C55H85NaO26S. The fraction of sp³-hybridized carbons (Fsp3) is 0.891. The fourth-order valence-corrected chi connectivity index (χ4v) is 16.7. The Morgan fingerprint density at radius 3 is 2.06 bits per heavy atom. The van der Waals surface area contributed by atoms with Crippen molar-refractivity contribution < 1.29 is 154 Å². The van der Waals surface area contributed by atoms with Crippen LogP contribution in [-0.4, -0.2) is 232 Å². The van der Waals surface area contributed by atoms with Crippen molar-refractivity contribution in [1.82, 2.24) is 0 Å². The van der Waals surface area contributed by atoms with Crippen molar-refractivity contribution in [2.45, 2.75) is 248 Å². The Morgan fingerprint density at radius 2 is 1.42 bits per heavy atom. The minimum absolute atomic E-state index is 0. The number of hydrogen-bond acceptors (Lipinski definition) is 26. The molecule has 9 rings (SSSR count). The van der Waals surface area contributed by atoms with Gasteiger partial charge in [-0.3, -0.25) is 13.8 Å². The zero-order valence-corrected chi connectivity index (χ0v) is 51.8. The predicted molar refractivity (Wildman–Crippen MR) is 275 cm³/mol. The van der Waals surface area contributed by atoms with Crippen LogP contribution in [0, 0.1) is 33.5 Å². The molecule has 27 atom stereocenters. The molecule has 0 amide bonds. The number of aliphatic hydroxyl groups is 9. The van der Waals surface area contributed by atoms with Gasteiger partial charge in [0.05, 0.1) is 32.0 Å².